The van der Waals surface area contributed by atoms with Gasteiger partial charge in [0.25, 0.3) is 5.56 Å². The SMILES string of the molecule is CCCC1CN(S(=O)(=O)c2ccc(F)cc2)C(C)(C(=O)NCc2cn(-c3ccc(C(F)(F)F)nc3)[nH]c2=O)C1. The molecule has 9 nitrogen and oxygen atoms in total. The molecule has 1 aliphatic rings. The van der Waals surface area contributed by atoms with Gasteiger partial charge in [-0.25, -0.2) is 17.8 Å². The molecule has 1 aliphatic heterocycles. The zero-order chi connectivity index (χ0) is 28.6. The summed E-state index contributed by atoms with van der Waals surface area (Å²) in [6.45, 7) is 3.32. The maximum absolute atomic E-state index is 13.5. The van der Waals surface area contributed by atoms with Crippen LogP contribution >= 0.6 is 0 Å². The normalized spacial score (nSPS) is 20.3. The number of H-pyrrole nitrogens is 1. The summed E-state index contributed by atoms with van der Waals surface area (Å²) >= 11 is 0. The number of rotatable bonds is 8. The van der Waals surface area contributed by atoms with Gasteiger partial charge in [0.1, 0.15) is 17.1 Å². The predicted molar refractivity (Wildman–Crippen MR) is 133 cm³/mol. The zero-order valence-electron chi connectivity index (χ0n) is 21.1. The molecule has 1 amide bonds. The number of sulfonamides is 1. The van der Waals surface area contributed by atoms with Crippen molar-refractivity contribution in [1.82, 2.24) is 24.4 Å². The highest BCUT2D eigenvalue weighted by Gasteiger charge is 2.52. The minimum absolute atomic E-state index is 0.0855. The molecule has 1 saturated heterocycles. The summed E-state index contributed by atoms with van der Waals surface area (Å²) in [6, 6.07) is 6.28. The first-order valence-corrected chi connectivity index (χ1v) is 13.6. The molecule has 210 valence electrons. The molecule has 4 rings (SSSR count). The number of nitrogens with one attached hydrogen (secondary N) is 2. The Labute approximate surface area is 221 Å². The monoisotopic (exact) mass is 569 g/mol. The molecular formula is C25H27F4N5O4S. The van der Waals surface area contributed by atoms with Crippen molar-refractivity contribution in [3.63, 3.8) is 0 Å². The number of nitrogens with zero attached hydrogens (tertiary/aromatic N) is 3. The molecule has 0 aliphatic carbocycles. The number of carbonyl (C=O) groups excluding carboxylic acids is 1. The van der Waals surface area contributed by atoms with Crippen molar-refractivity contribution in [3.05, 3.63) is 76.2 Å². The number of hydrogen-bond acceptors (Lipinski definition) is 5. The lowest BCUT2D eigenvalue weighted by atomic mass is 9.91. The summed E-state index contributed by atoms with van der Waals surface area (Å²) in [7, 11) is -4.15. The van der Waals surface area contributed by atoms with E-state index < -0.39 is 44.7 Å². The summed E-state index contributed by atoms with van der Waals surface area (Å²) in [6.07, 6.45) is -0.607. The van der Waals surface area contributed by atoms with Crippen molar-refractivity contribution >= 4 is 15.9 Å². The summed E-state index contributed by atoms with van der Waals surface area (Å²) < 4.78 is 81.0. The van der Waals surface area contributed by atoms with E-state index >= 15 is 0 Å². The standard InChI is InChI=1S/C25H27F4N5O4S/c1-3-4-16-11-24(2,34(14-16)39(37,38)20-8-5-18(26)6-9-20)23(36)31-12-17-15-33(32-22(17)35)19-7-10-21(30-13-19)25(27,28)29/h5-10,13,15-16H,3-4,11-12,14H2,1-2H3,(H,31,36)(H,32,35). The Balaban J connectivity index is 1.54. The van der Waals surface area contributed by atoms with Crippen molar-refractivity contribution in [2.24, 2.45) is 5.92 Å². The fourth-order valence-electron chi connectivity index (χ4n) is 4.82. The molecule has 0 bridgehead atoms. The van der Waals surface area contributed by atoms with Gasteiger partial charge in [-0.2, -0.15) is 17.5 Å². The van der Waals surface area contributed by atoms with Gasteiger partial charge >= 0.3 is 6.18 Å². The molecular weight excluding hydrogens is 542 g/mol. The Morgan fingerprint density at radius 1 is 1.21 bits per heavy atom. The van der Waals surface area contributed by atoms with Crippen LogP contribution in [0.4, 0.5) is 17.6 Å². The Kier molecular flexibility index (Phi) is 7.72. The van der Waals surface area contributed by atoms with Crippen LogP contribution in [0.15, 0.2) is 58.5 Å². The maximum Gasteiger partial charge on any atom is 0.433 e. The molecule has 2 atom stereocenters. The molecule has 1 fully saturated rings. The van der Waals surface area contributed by atoms with Gasteiger partial charge in [0, 0.05) is 19.3 Å². The second-order valence-electron chi connectivity index (χ2n) is 9.67. The van der Waals surface area contributed by atoms with Gasteiger partial charge in [-0.15, -0.1) is 0 Å². The molecule has 1 aromatic carbocycles. The quantitative estimate of drug-likeness (QED) is 0.402. The average Bonchev–Trinajstić information content (AvgIpc) is 3.43. The molecule has 3 heterocycles. The summed E-state index contributed by atoms with van der Waals surface area (Å²) in [5.74, 6) is -1.29. The number of carbonyl (C=O) groups is 1. The van der Waals surface area contributed by atoms with E-state index in [1.165, 1.54) is 17.8 Å². The van der Waals surface area contributed by atoms with Crippen LogP contribution in [-0.4, -0.2) is 45.5 Å². The van der Waals surface area contributed by atoms with Crippen LogP contribution in [0.3, 0.4) is 0 Å². The largest absolute Gasteiger partial charge is 0.433 e. The first-order valence-electron chi connectivity index (χ1n) is 12.2. The topological polar surface area (TPSA) is 117 Å². The minimum Gasteiger partial charge on any atom is -0.350 e. The number of aromatic nitrogens is 3. The van der Waals surface area contributed by atoms with Crippen molar-refractivity contribution in [3.8, 4) is 5.69 Å². The zero-order valence-corrected chi connectivity index (χ0v) is 21.9. The highest BCUT2D eigenvalue weighted by atomic mass is 32.2. The van der Waals surface area contributed by atoms with Gasteiger partial charge < -0.3 is 5.32 Å². The second-order valence-corrected chi connectivity index (χ2v) is 11.5. The molecule has 2 aromatic heterocycles. The molecule has 0 saturated carbocycles. The van der Waals surface area contributed by atoms with E-state index in [1.54, 1.807) is 0 Å². The molecule has 3 aromatic rings. The molecule has 2 N–H and O–H groups in total. The smallest absolute Gasteiger partial charge is 0.350 e. The number of pyridine rings is 1. The van der Waals surface area contributed by atoms with Crippen LogP contribution in [0, 0.1) is 11.7 Å². The van der Waals surface area contributed by atoms with E-state index in [4.69, 9.17) is 0 Å². The van der Waals surface area contributed by atoms with Crippen LogP contribution in [0.25, 0.3) is 5.69 Å². The van der Waals surface area contributed by atoms with E-state index in [2.05, 4.69) is 15.4 Å². The van der Waals surface area contributed by atoms with E-state index in [-0.39, 0.29) is 41.6 Å². The summed E-state index contributed by atoms with van der Waals surface area (Å²) in [4.78, 5) is 29.1. The van der Waals surface area contributed by atoms with E-state index in [9.17, 15) is 35.6 Å². The number of halogens is 4. The van der Waals surface area contributed by atoms with Crippen LogP contribution < -0.4 is 10.9 Å². The van der Waals surface area contributed by atoms with Crippen molar-refractivity contribution in [1.29, 1.82) is 0 Å². The fourth-order valence-corrected chi connectivity index (χ4v) is 6.65. The minimum atomic E-state index is -4.61. The van der Waals surface area contributed by atoms with Gasteiger partial charge in [0.15, 0.2) is 0 Å². The van der Waals surface area contributed by atoms with E-state index in [0.717, 1.165) is 53.3 Å². The van der Waals surface area contributed by atoms with Gasteiger partial charge in [-0.1, -0.05) is 13.3 Å². The Morgan fingerprint density at radius 3 is 2.49 bits per heavy atom. The number of benzene rings is 1. The summed E-state index contributed by atoms with van der Waals surface area (Å²) in [5, 5.41) is 5.10. The van der Waals surface area contributed by atoms with E-state index in [0.29, 0.717) is 6.42 Å². The number of hydrogen-bond donors (Lipinski definition) is 2. The second kappa shape index (κ2) is 10.6. The number of aromatic amines is 1. The highest BCUT2D eigenvalue weighted by molar-refractivity contribution is 7.89. The Bertz CT molecular complexity index is 1500. The third-order valence-electron chi connectivity index (χ3n) is 6.80. The lowest BCUT2D eigenvalue weighted by molar-refractivity contribution is -0.141. The third-order valence-corrected chi connectivity index (χ3v) is 8.80. The van der Waals surface area contributed by atoms with Crippen molar-refractivity contribution in [2.75, 3.05) is 6.54 Å². The van der Waals surface area contributed by atoms with E-state index in [1.807, 2.05) is 6.92 Å². The maximum atomic E-state index is 13.5. The van der Waals surface area contributed by atoms with Crippen molar-refractivity contribution in [2.45, 2.75) is 56.3 Å². The lowest BCUT2D eigenvalue weighted by Crippen LogP contribution is -2.55. The van der Waals surface area contributed by atoms with Gasteiger partial charge in [0.05, 0.1) is 22.3 Å². The van der Waals surface area contributed by atoms with Crippen LogP contribution in [0.5, 0.6) is 0 Å². The van der Waals surface area contributed by atoms with Crippen LogP contribution in [-0.2, 0) is 27.5 Å². The first kappa shape index (κ1) is 28.5. The van der Waals surface area contributed by atoms with Crippen LogP contribution in [0.1, 0.15) is 44.4 Å². The first-order chi connectivity index (χ1) is 18.3. The average molecular weight is 570 g/mol. The van der Waals surface area contributed by atoms with Gasteiger partial charge in [-0.3, -0.25) is 19.4 Å². The molecule has 0 radical (unpaired) electrons. The fraction of sp³-hybridized carbons (Fsp3) is 0.400. The Hall–Kier alpha value is -3.52. The van der Waals surface area contributed by atoms with Gasteiger partial charge in [-0.05, 0) is 62.1 Å². The molecule has 14 heteroatoms. The third kappa shape index (κ3) is 5.76. The van der Waals surface area contributed by atoms with Crippen molar-refractivity contribution < 1.29 is 30.8 Å². The molecule has 2 unspecified atom stereocenters. The Morgan fingerprint density at radius 2 is 1.90 bits per heavy atom. The lowest BCUT2D eigenvalue weighted by Gasteiger charge is -2.32. The summed E-state index contributed by atoms with van der Waals surface area (Å²) in [5.41, 5.74) is -2.88. The molecule has 0 spiro atoms. The highest BCUT2D eigenvalue weighted by Crippen LogP contribution is 2.39. The van der Waals surface area contributed by atoms with Gasteiger partial charge in [0.2, 0.25) is 15.9 Å². The molecule has 39 heavy (non-hydrogen) atoms. The predicted octanol–water partition coefficient (Wildman–Crippen LogP) is 3.60. The number of alkyl halides is 3. The van der Waals surface area contributed by atoms with Crippen LogP contribution in [0.2, 0.25) is 0 Å². The number of amides is 1.